The molecule has 14 heavy (non-hydrogen) atoms. The van der Waals surface area contributed by atoms with Gasteiger partial charge in [0.1, 0.15) is 6.10 Å². The summed E-state index contributed by atoms with van der Waals surface area (Å²) in [6, 6.07) is 0. The summed E-state index contributed by atoms with van der Waals surface area (Å²) in [5.74, 6) is -2.02. The second-order valence-electron chi connectivity index (χ2n) is 3.67. The first kappa shape index (κ1) is 9.30. The highest BCUT2D eigenvalue weighted by atomic mass is 19.3. The molecule has 0 unspecified atom stereocenters. The Morgan fingerprint density at radius 2 is 2.21 bits per heavy atom. The Morgan fingerprint density at radius 1 is 1.50 bits per heavy atom. The summed E-state index contributed by atoms with van der Waals surface area (Å²) in [6.07, 6.45) is 2.80. The lowest BCUT2D eigenvalue weighted by molar-refractivity contribution is -0.153. The van der Waals surface area contributed by atoms with Crippen LogP contribution in [0.3, 0.4) is 0 Å². The Bertz CT molecular complexity index is 291. The number of allylic oxidation sites excluding steroid dienone is 2. The lowest BCUT2D eigenvalue weighted by atomic mass is 9.91. The first-order chi connectivity index (χ1) is 6.55. The predicted molar refractivity (Wildman–Crippen MR) is 47.2 cm³/mol. The van der Waals surface area contributed by atoms with E-state index in [1.165, 1.54) is 0 Å². The Labute approximate surface area is 80.8 Å². The summed E-state index contributed by atoms with van der Waals surface area (Å²) >= 11 is 0. The number of alkyl halides is 2. The van der Waals surface area contributed by atoms with Crippen LogP contribution in [0.4, 0.5) is 8.78 Å². The molecule has 1 saturated carbocycles. The molecule has 1 fully saturated rings. The van der Waals surface area contributed by atoms with Crippen molar-refractivity contribution in [2.45, 2.75) is 31.8 Å². The molecule has 0 aromatic rings. The molecule has 0 amide bonds. The third-order valence-corrected chi connectivity index (χ3v) is 2.20. The van der Waals surface area contributed by atoms with Gasteiger partial charge in [0, 0.05) is 25.1 Å². The normalized spacial score (nSPS) is 25.1. The molecule has 0 saturated heterocycles. The zero-order chi connectivity index (χ0) is 10.2. The van der Waals surface area contributed by atoms with Crippen molar-refractivity contribution in [1.82, 2.24) is 10.9 Å². The standard InChI is InChI=1S/C9H12F2N2O/c1-6-2-8(13-12-5-6)14-7-3-9(10,11)4-7/h2,5,7,12-13H,3-4H2,1H3. The van der Waals surface area contributed by atoms with Crippen LogP contribution >= 0.6 is 0 Å². The van der Waals surface area contributed by atoms with Gasteiger partial charge < -0.3 is 10.2 Å². The maximum Gasteiger partial charge on any atom is 0.255 e. The number of rotatable bonds is 2. The number of hydrogen-bond acceptors (Lipinski definition) is 3. The lowest BCUT2D eigenvalue weighted by Crippen LogP contribution is -2.43. The minimum absolute atomic E-state index is 0.186. The monoisotopic (exact) mass is 202 g/mol. The van der Waals surface area contributed by atoms with E-state index < -0.39 is 5.92 Å². The molecule has 1 aliphatic carbocycles. The van der Waals surface area contributed by atoms with Gasteiger partial charge in [-0.1, -0.05) is 0 Å². The third kappa shape index (κ3) is 1.97. The van der Waals surface area contributed by atoms with Gasteiger partial charge in [-0.3, -0.25) is 5.43 Å². The first-order valence-electron chi connectivity index (χ1n) is 4.50. The zero-order valence-electron chi connectivity index (χ0n) is 7.81. The van der Waals surface area contributed by atoms with Gasteiger partial charge in [0.05, 0.1) is 0 Å². The molecule has 0 bridgehead atoms. The van der Waals surface area contributed by atoms with Crippen LogP contribution in [-0.2, 0) is 4.74 Å². The number of hydrogen-bond donors (Lipinski definition) is 2. The smallest absolute Gasteiger partial charge is 0.255 e. The fourth-order valence-corrected chi connectivity index (χ4v) is 1.44. The second-order valence-corrected chi connectivity index (χ2v) is 3.67. The quantitative estimate of drug-likeness (QED) is 0.714. The zero-order valence-corrected chi connectivity index (χ0v) is 7.81. The summed E-state index contributed by atoms with van der Waals surface area (Å²) in [5.41, 5.74) is 6.50. The van der Waals surface area contributed by atoms with Crippen molar-refractivity contribution in [3.05, 3.63) is 23.7 Å². The lowest BCUT2D eigenvalue weighted by Gasteiger charge is -2.35. The van der Waals surface area contributed by atoms with Crippen LogP contribution in [0.5, 0.6) is 0 Å². The fraction of sp³-hybridized carbons (Fsp3) is 0.556. The molecule has 2 N–H and O–H groups in total. The highest BCUT2D eigenvalue weighted by molar-refractivity contribution is 5.20. The Morgan fingerprint density at radius 3 is 2.79 bits per heavy atom. The average Bonchev–Trinajstić information content (AvgIpc) is 2.00. The van der Waals surface area contributed by atoms with Crippen molar-refractivity contribution >= 4 is 0 Å². The maximum atomic E-state index is 12.5. The molecule has 1 aliphatic heterocycles. The molecular formula is C9H12F2N2O. The van der Waals surface area contributed by atoms with Crippen LogP contribution in [0.15, 0.2) is 23.7 Å². The molecule has 0 atom stereocenters. The Balaban J connectivity index is 1.85. The summed E-state index contributed by atoms with van der Waals surface area (Å²) in [6.45, 7) is 1.90. The van der Waals surface area contributed by atoms with Crippen LogP contribution in [-0.4, -0.2) is 12.0 Å². The van der Waals surface area contributed by atoms with E-state index in [1.54, 1.807) is 12.3 Å². The summed E-state index contributed by atoms with van der Waals surface area (Å²) < 4.78 is 30.2. The molecule has 0 radical (unpaired) electrons. The van der Waals surface area contributed by atoms with Crippen molar-refractivity contribution in [2.24, 2.45) is 0 Å². The molecule has 2 aliphatic rings. The van der Waals surface area contributed by atoms with Gasteiger partial charge >= 0.3 is 0 Å². The van der Waals surface area contributed by atoms with E-state index in [1.807, 2.05) is 6.92 Å². The maximum absolute atomic E-state index is 12.5. The fourth-order valence-electron chi connectivity index (χ4n) is 1.44. The van der Waals surface area contributed by atoms with Gasteiger partial charge in [-0.05, 0) is 12.5 Å². The Kier molecular flexibility index (Phi) is 2.09. The summed E-state index contributed by atoms with van der Waals surface area (Å²) in [4.78, 5) is 0. The van der Waals surface area contributed by atoms with Gasteiger partial charge in [0.25, 0.3) is 5.92 Å². The topological polar surface area (TPSA) is 33.3 Å². The van der Waals surface area contributed by atoms with Gasteiger partial charge in [0.15, 0.2) is 0 Å². The third-order valence-electron chi connectivity index (χ3n) is 2.20. The van der Waals surface area contributed by atoms with Crippen LogP contribution in [0.25, 0.3) is 0 Å². The molecule has 2 rings (SSSR count). The minimum atomic E-state index is -2.53. The van der Waals surface area contributed by atoms with Crippen molar-refractivity contribution in [3.63, 3.8) is 0 Å². The van der Waals surface area contributed by atoms with Gasteiger partial charge in [-0.2, -0.15) is 0 Å². The van der Waals surface area contributed by atoms with Crippen LogP contribution < -0.4 is 10.9 Å². The van der Waals surface area contributed by atoms with Crippen molar-refractivity contribution in [3.8, 4) is 0 Å². The summed E-state index contributed by atoms with van der Waals surface area (Å²) in [7, 11) is 0. The van der Waals surface area contributed by atoms with Gasteiger partial charge in [-0.25, -0.2) is 8.78 Å². The van der Waals surface area contributed by atoms with E-state index in [0.29, 0.717) is 5.88 Å². The molecular weight excluding hydrogens is 190 g/mol. The van der Waals surface area contributed by atoms with Crippen molar-refractivity contribution in [1.29, 1.82) is 0 Å². The molecule has 78 valence electrons. The summed E-state index contributed by atoms with van der Waals surface area (Å²) in [5, 5.41) is 0. The van der Waals surface area contributed by atoms with E-state index in [9.17, 15) is 8.78 Å². The van der Waals surface area contributed by atoms with E-state index in [2.05, 4.69) is 10.9 Å². The molecule has 1 heterocycles. The van der Waals surface area contributed by atoms with Crippen LogP contribution in [0.2, 0.25) is 0 Å². The predicted octanol–water partition coefficient (Wildman–Crippen LogP) is 1.65. The van der Waals surface area contributed by atoms with Crippen LogP contribution in [0, 0.1) is 0 Å². The van der Waals surface area contributed by atoms with Crippen LogP contribution in [0.1, 0.15) is 19.8 Å². The van der Waals surface area contributed by atoms with E-state index in [4.69, 9.17) is 4.74 Å². The molecule has 5 heteroatoms. The van der Waals surface area contributed by atoms with Gasteiger partial charge in [0.2, 0.25) is 5.88 Å². The average molecular weight is 202 g/mol. The number of nitrogens with one attached hydrogen (secondary N) is 2. The molecule has 0 spiro atoms. The number of hydrazine groups is 1. The highest BCUT2D eigenvalue weighted by Crippen LogP contribution is 2.40. The second kappa shape index (κ2) is 3.15. The number of ether oxygens (including phenoxy) is 1. The highest BCUT2D eigenvalue weighted by Gasteiger charge is 2.47. The molecule has 0 aromatic heterocycles. The van der Waals surface area contributed by atoms with E-state index in [0.717, 1.165) is 5.57 Å². The minimum Gasteiger partial charge on any atom is -0.474 e. The van der Waals surface area contributed by atoms with E-state index in [-0.39, 0.29) is 18.9 Å². The molecule has 3 nitrogen and oxygen atoms in total. The number of halogens is 2. The SMILES string of the molecule is CC1=CNNC(OC2CC(F)(F)C2)=C1. The largest absolute Gasteiger partial charge is 0.474 e. The first-order valence-corrected chi connectivity index (χ1v) is 4.50. The van der Waals surface area contributed by atoms with Gasteiger partial charge in [-0.15, -0.1) is 0 Å². The van der Waals surface area contributed by atoms with E-state index >= 15 is 0 Å². The molecule has 0 aromatic carbocycles. The van der Waals surface area contributed by atoms with Crippen molar-refractivity contribution in [2.75, 3.05) is 0 Å². The Hall–Kier alpha value is -1.26. The van der Waals surface area contributed by atoms with Crippen molar-refractivity contribution < 1.29 is 13.5 Å².